The molecular weight excluding hydrogens is 306 g/mol. The maximum absolute atomic E-state index is 12.2. The van der Waals surface area contributed by atoms with E-state index in [2.05, 4.69) is 5.32 Å². The standard InChI is InChI=1S/C18H23N3O3/c1-4-20(5-2)13-17(22)19-15-10-14(18(23)24-3)11-16(12-15)21-8-6-7-9-21/h6-12H,4-5,13H2,1-3H3,(H,19,22). The molecular formula is C18H23N3O3. The van der Waals surface area contributed by atoms with E-state index in [9.17, 15) is 9.59 Å². The SMILES string of the molecule is CCN(CC)CC(=O)Nc1cc(C(=O)OC)cc(-n2cccc2)c1. The second-order valence-corrected chi connectivity index (χ2v) is 5.36. The Kier molecular flexibility index (Phi) is 6.14. The highest BCUT2D eigenvalue weighted by atomic mass is 16.5. The fraction of sp³-hybridized carbons (Fsp3) is 0.333. The number of esters is 1. The zero-order chi connectivity index (χ0) is 17.5. The lowest BCUT2D eigenvalue weighted by Crippen LogP contribution is -2.33. The first-order valence-corrected chi connectivity index (χ1v) is 7.96. The average Bonchev–Trinajstić information content (AvgIpc) is 3.13. The molecule has 1 aromatic heterocycles. The molecule has 0 radical (unpaired) electrons. The lowest BCUT2D eigenvalue weighted by Gasteiger charge is -2.18. The summed E-state index contributed by atoms with van der Waals surface area (Å²) in [5.74, 6) is -0.553. The van der Waals surface area contributed by atoms with E-state index in [1.807, 2.05) is 53.9 Å². The van der Waals surface area contributed by atoms with E-state index in [1.54, 1.807) is 12.1 Å². The Labute approximate surface area is 142 Å². The normalized spacial score (nSPS) is 10.7. The summed E-state index contributed by atoms with van der Waals surface area (Å²) in [5.41, 5.74) is 1.74. The molecule has 0 aliphatic rings. The van der Waals surface area contributed by atoms with Gasteiger partial charge in [-0.05, 0) is 43.4 Å². The Morgan fingerprint density at radius 3 is 2.38 bits per heavy atom. The maximum atomic E-state index is 12.2. The van der Waals surface area contributed by atoms with Gasteiger partial charge in [-0.25, -0.2) is 4.79 Å². The van der Waals surface area contributed by atoms with Crippen molar-refractivity contribution in [2.24, 2.45) is 0 Å². The number of anilines is 1. The molecule has 1 heterocycles. The van der Waals surface area contributed by atoms with Gasteiger partial charge in [-0.3, -0.25) is 9.69 Å². The average molecular weight is 329 g/mol. The van der Waals surface area contributed by atoms with Crippen LogP contribution in [0.2, 0.25) is 0 Å². The first kappa shape index (κ1) is 17.7. The van der Waals surface area contributed by atoms with Crippen LogP contribution in [0.5, 0.6) is 0 Å². The molecule has 2 rings (SSSR count). The minimum absolute atomic E-state index is 0.112. The van der Waals surface area contributed by atoms with E-state index in [-0.39, 0.29) is 5.91 Å². The summed E-state index contributed by atoms with van der Waals surface area (Å²) in [6.07, 6.45) is 3.75. The van der Waals surface area contributed by atoms with Crippen molar-refractivity contribution in [2.45, 2.75) is 13.8 Å². The number of amides is 1. The Balaban J connectivity index is 2.26. The van der Waals surface area contributed by atoms with Gasteiger partial charge in [0, 0.05) is 23.8 Å². The van der Waals surface area contributed by atoms with Gasteiger partial charge in [0.2, 0.25) is 5.91 Å². The van der Waals surface area contributed by atoms with Crippen molar-refractivity contribution in [1.82, 2.24) is 9.47 Å². The van der Waals surface area contributed by atoms with Crippen LogP contribution in [0.25, 0.3) is 5.69 Å². The molecule has 0 fully saturated rings. The van der Waals surface area contributed by atoms with Crippen molar-refractivity contribution in [2.75, 3.05) is 32.1 Å². The van der Waals surface area contributed by atoms with Crippen molar-refractivity contribution < 1.29 is 14.3 Å². The highest BCUT2D eigenvalue weighted by molar-refractivity contribution is 5.96. The summed E-state index contributed by atoms with van der Waals surface area (Å²) < 4.78 is 6.67. The number of aromatic nitrogens is 1. The number of carbonyl (C=O) groups is 2. The lowest BCUT2D eigenvalue weighted by atomic mass is 10.1. The number of nitrogens with zero attached hydrogens (tertiary/aromatic N) is 2. The van der Waals surface area contributed by atoms with Crippen LogP contribution >= 0.6 is 0 Å². The van der Waals surface area contributed by atoms with E-state index in [1.165, 1.54) is 7.11 Å². The van der Waals surface area contributed by atoms with Gasteiger partial charge in [-0.2, -0.15) is 0 Å². The van der Waals surface area contributed by atoms with Gasteiger partial charge in [0.15, 0.2) is 0 Å². The van der Waals surface area contributed by atoms with E-state index in [0.29, 0.717) is 17.8 Å². The van der Waals surface area contributed by atoms with Crippen LogP contribution in [-0.4, -0.2) is 48.1 Å². The second-order valence-electron chi connectivity index (χ2n) is 5.36. The van der Waals surface area contributed by atoms with Crippen molar-refractivity contribution in [3.8, 4) is 5.69 Å². The van der Waals surface area contributed by atoms with E-state index < -0.39 is 5.97 Å². The Bertz CT molecular complexity index is 692. The van der Waals surface area contributed by atoms with Crippen molar-refractivity contribution in [3.05, 3.63) is 48.3 Å². The molecule has 0 unspecified atom stereocenters. The number of benzene rings is 1. The third-order valence-electron chi connectivity index (χ3n) is 3.79. The molecule has 0 bridgehead atoms. The molecule has 2 aromatic rings. The summed E-state index contributed by atoms with van der Waals surface area (Å²) >= 11 is 0. The summed E-state index contributed by atoms with van der Waals surface area (Å²) in [6.45, 7) is 5.95. The molecule has 0 saturated carbocycles. The minimum Gasteiger partial charge on any atom is -0.465 e. The highest BCUT2D eigenvalue weighted by Crippen LogP contribution is 2.19. The molecule has 6 nitrogen and oxygen atoms in total. The van der Waals surface area contributed by atoms with Crippen LogP contribution in [0, 0.1) is 0 Å². The fourth-order valence-electron chi connectivity index (χ4n) is 2.43. The number of ether oxygens (including phenoxy) is 1. The zero-order valence-electron chi connectivity index (χ0n) is 14.3. The maximum Gasteiger partial charge on any atom is 0.337 e. The molecule has 6 heteroatoms. The van der Waals surface area contributed by atoms with Crippen LogP contribution in [0.1, 0.15) is 24.2 Å². The predicted molar refractivity (Wildman–Crippen MR) is 93.5 cm³/mol. The van der Waals surface area contributed by atoms with Gasteiger partial charge in [0.05, 0.1) is 19.2 Å². The molecule has 0 atom stereocenters. The largest absolute Gasteiger partial charge is 0.465 e. The van der Waals surface area contributed by atoms with E-state index in [0.717, 1.165) is 18.8 Å². The smallest absolute Gasteiger partial charge is 0.337 e. The molecule has 0 aliphatic carbocycles. The topological polar surface area (TPSA) is 63.6 Å². The van der Waals surface area contributed by atoms with E-state index in [4.69, 9.17) is 4.74 Å². The van der Waals surface area contributed by atoms with E-state index >= 15 is 0 Å². The molecule has 0 saturated heterocycles. The second kappa shape index (κ2) is 8.31. The van der Waals surface area contributed by atoms with Gasteiger partial charge in [-0.1, -0.05) is 13.8 Å². The lowest BCUT2D eigenvalue weighted by molar-refractivity contribution is -0.117. The number of hydrogen-bond donors (Lipinski definition) is 1. The van der Waals surface area contributed by atoms with Crippen LogP contribution in [0.3, 0.4) is 0 Å². The minimum atomic E-state index is -0.441. The summed E-state index contributed by atoms with van der Waals surface area (Å²) in [7, 11) is 1.34. The number of nitrogens with one attached hydrogen (secondary N) is 1. The van der Waals surface area contributed by atoms with Crippen molar-refractivity contribution >= 4 is 17.6 Å². The molecule has 0 aliphatic heterocycles. The highest BCUT2D eigenvalue weighted by Gasteiger charge is 2.13. The Hall–Kier alpha value is -2.60. The summed E-state index contributed by atoms with van der Waals surface area (Å²) in [6, 6.07) is 8.96. The molecule has 128 valence electrons. The van der Waals surface area contributed by atoms with Gasteiger partial charge < -0.3 is 14.6 Å². The van der Waals surface area contributed by atoms with Crippen LogP contribution in [0.4, 0.5) is 5.69 Å². The monoisotopic (exact) mass is 329 g/mol. The third kappa shape index (κ3) is 4.45. The van der Waals surface area contributed by atoms with Gasteiger partial charge in [-0.15, -0.1) is 0 Å². The van der Waals surface area contributed by atoms with Crippen molar-refractivity contribution in [1.29, 1.82) is 0 Å². The number of likely N-dealkylation sites (N-methyl/N-ethyl adjacent to an activating group) is 1. The number of hydrogen-bond acceptors (Lipinski definition) is 4. The van der Waals surface area contributed by atoms with Crippen molar-refractivity contribution in [3.63, 3.8) is 0 Å². The Morgan fingerprint density at radius 2 is 1.79 bits per heavy atom. The molecule has 0 spiro atoms. The quantitative estimate of drug-likeness (QED) is 0.793. The van der Waals surface area contributed by atoms with Gasteiger partial charge in [0.25, 0.3) is 0 Å². The van der Waals surface area contributed by atoms with Crippen LogP contribution < -0.4 is 5.32 Å². The molecule has 1 N–H and O–H groups in total. The first-order chi connectivity index (χ1) is 11.6. The zero-order valence-corrected chi connectivity index (χ0v) is 14.3. The Morgan fingerprint density at radius 1 is 1.12 bits per heavy atom. The summed E-state index contributed by atoms with van der Waals surface area (Å²) in [4.78, 5) is 26.1. The molecule has 1 aromatic carbocycles. The number of carbonyl (C=O) groups excluding carboxylic acids is 2. The van der Waals surface area contributed by atoms with Crippen LogP contribution in [0.15, 0.2) is 42.7 Å². The van der Waals surface area contributed by atoms with Crippen LogP contribution in [-0.2, 0) is 9.53 Å². The van der Waals surface area contributed by atoms with Gasteiger partial charge >= 0.3 is 5.97 Å². The number of rotatable bonds is 7. The first-order valence-electron chi connectivity index (χ1n) is 7.96. The number of methoxy groups -OCH3 is 1. The third-order valence-corrected chi connectivity index (χ3v) is 3.79. The fourth-order valence-corrected chi connectivity index (χ4v) is 2.43. The van der Waals surface area contributed by atoms with Gasteiger partial charge in [0.1, 0.15) is 0 Å². The molecule has 1 amide bonds. The molecule has 24 heavy (non-hydrogen) atoms. The predicted octanol–water partition coefficient (Wildman–Crippen LogP) is 2.54. The summed E-state index contributed by atoms with van der Waals surface area (Å²) in [5, 5.41) is 2.86.